The average Bonchev–Trinajstić information content (AvgIpc) is 2.78. The van der Waals surface area contributed by atoms with E-state index in [9.17, 15) is 5.11 Å². The van der Waals surface area contributed by atoms with Gasteiger partial charge in [0.1, 0.15) is 0 Å². The van der Waals surface area contributed by atoms with Gasteiger partial charge in [-0.25, -0.2) is 4.98 Å². The number of aromatic nitrogens is 1. The lowest BCUT2D eigenvalue weighted by Crippen LogP contribution is -2.36. The molecule has 2 atom stereocenters. The predicted octanol–water partition coefficient (Wildman–Crippen LogP) is 2.15. The number of ether oxygens (including phenoxy) is 1. The Morgan fingerprint density at radius 3 is 2.95 bits per heavy atom. The van der Waals surface area contributed by atoms with Gasteiger partial charge in [0.05, 0.1) is 30.5 Å². The van der Waals surface area contributed by atoms with Crippen molar-refractivity contribution in [2.75, 3.05) is 19.8 Å². The number of rotatable bonds is 10. The normalized spacial score (nSPS) is 14.5. The molecular weight excluding hydrogens is 260 g/mol. The van der Waals surface area contributed by atoms with Crippen molar-refractivity contribution in [3.05, 3.63) is 16.1 Å². The maximum atomic E-state index is 9.78. The number of hydrogen-bond acceptors (Lipinski definition) is 5. The first-order valence-corrected chi connectivity index (χ1v) is 7.89. The SMILES string of the molecule is CCCC(C)NCC(O)COCCc1scnc1C. The Morgan fingerprint density at radius 1 is 1.53 bits per heavy atom. The zero-order valence-electron chi connectivity index (χ0n) is 12.2. The summed E-state index contributed by atoms with van der Waals surface area (Å²) in [6.07, 6.45) is 2.75. The van der Waals surface area contributed by atoms with Gasteiger partial charge >= 0.3 is 0 Å². The maximum absolute atomic E-state index is 9.78. The molecule has 0 aromatic carbocycles. The fourth-order valence-electron chi connectivity index (χ4n) is 1.88. The molecule has 2 unspecified atom stereocenters. The first-order valence-electron chi connectivity index (χ1n) is 7.01. The van der Waals surface area contributed by atoms with Gasteiger partial charge < -0.3 is 15.2 Å². The maximum Gasteiger partial charge on any atom is 0.0897 e. The minimum atomic E-state index is -0.429. The van der Waals surface area contributed by atoms with Crippen molar-refractivity contribution in [2.45, 2.75) is 52.2 Å². The molecule has 0 radical (unpaired) electrons. The molecule has 0 saturated carbocycles. The zero-order chi connectivity index (χ0) is 14.1. The zero-order valence-corrected chi connectivity index (χ0v) is 13.0. The second-order valence-electron chi connectivity index (χ2n) is 4.94. The lowest BCUT2D eigenvalue weighted by molar-refractivity contribution is 0.0372. The molecule has 1 rings (SSSR count). The van der Waals surface area contributed by atoms with E-state index in [0.717, 1.165) is 25.0 Å². The number of nitrogens with zero attached hydrogens (tertiary/aromatic N) is 1. The summed E-state index contributed by atoms with van der Waals surface area (Å²) in [5, 5.41) is 13.1. The summed E-state index contributed by atoms with van der Waals surface area (Å²) in [4.78, 5) is 5.47. The van der Waals surface area contributed by atoms with Gasteiger partial charge in [0, 0.05) is 23.9 Å². The molecule has 0 saturated heterocycles. The number of nitrogens with one attached hydrogen (secondary N) is 1. The van der Waals surface area contributed by atoms with Gasteiger partial charge in [-0.3, -0.25) is 0 Å². The molecule has 1 aromatic rings. The van der Waals surface area contributed by atoms with Gasteiger partial charge in [0.25, 0.3) is 0 Å². The van der Waals surface area contributed by atoms with E-state index in [1.807, 2.05) is 12.4 Å². The van der Waals surface area contributed by atoms with E-state index in [2.05, 4.69) is 24.1 Å². The van der Waals surface area contributed by atoms with Crippen molar-refractivity contribution in [1.82, 2.24) is 10.3 Å². The van der Waals surface area contributed by atoms with Crippen molar-refractivity contribution in [3.8, 4) is 0 Å². The highest BCUT2D eigenvalue weighted by Gasteiger charge is 2.07. The lowest BCUT2D eigenvalue weighted by atomic mass is 10.2. The van der Waals surface area contributed by atoms with Crippen LogP contribution in [0.2, 0.25) is 0 Å². The van der Waals surface area contributed by atoms with Crippen LogP contribution in [0.25, 0.3) is 0 Å². The first-order chi connectivity index (χ1) is 9.13. The van der Waals surface area contributed by atoms with E-state index < -0.39 is 6.10 Å². The van der Waals surface area contributed by atoms with Crippen molar-refractivity contribution in [3.63, 3.8) is 0 Å². The van der Waals surface area contributed by atoms with E-state index in [0.29, 0.717) is 25.8 Å². The lowest BCUT2D eigenvalue weighted by Gasteiger charge is -2.16. The summed E-state index contributed by atoms with van der Waals surface area (Å²) in [7, 11) is 0. The van der Waals surface area contributed by atoms with Crippen LogP contribution in [0.4, 0.5) is 0 Å². The van der Waals surface area contributed by atoms with E-state index >= 15 is 0 Å². The molecule has 5 heteroatoms. The summed E-state index contributed by atoms with van der Waals surface area (Å²) >= 11 is 1.66. The van der Waals surface area contributed by atoms with Crippen LogP contribution in [0.15, 0.2) is 5.51 Å². The first kappa shape index (κ1) is 16.6. The van der Waals surface area contributed by atoms with E-state index in [-0.39, 0.29) is 0 Å². The van der Waals surface area contributed by atoms with E-state index in [4.69, 9.17) is 4.74 Å². The van der Waals surface area contributed by atoms with Gasteiger partial charge in [-0.15, -0.1) is 11.3 Å². The highest BCUT2D eigenvalue weighted by atomic mass is 32.1. The molecule has 0 bridgehead atoms. The molecule has 2 N–H and O–H groups in total. The molecule has 110 valence electrons. The van der Waals surface area contributed by atoms with Crippen LogP contribution in [-0.4, -0.2) is 42.0 Å². The number of hydrogen-bond donors (Lipinski definition) is 2. The quantitative estimate of drug-likeness (QED) is 0.647. The van der Waals surface area contributed by atoms with Crippen LogP contribution in [0.1, 0.15) is 37.3 Å². The van der Waals surface area contributed by atoms with Gasteiger partial charge in [0.2, 0.25) is 0 Å². The molecule has 1 aromatic heterocycles. The van der Waals surface area contributed by atoms with Crippen LogP contribution < -0.4 is 5.32 Å². The summed E-state index contributed by atoms with van der Waals surface area (Å²) < 4.78 is 5.50. The molecule has 0 spiro atoms. The molecule has 0 aliphatic rings. The Bertz CT molecular complexity index is 344. The third-order valence-corrected chi connectivity index (χ3v) is 4.05. The highest BCUT2D eigenvalue weighted by molar-refractivity contribution is 7.09. The summed E-state index contributed by atoms with van der Waals surface area (Å²) in [5.41, 5.74) is 2.95. The summed E-state index contributed by atoms with van der Waals surface area (Å²) in [6.45, 7) is 7.96. The van der Waals surface area contributed by atoms with Crippen LogP contribution >= 0.6 is 11.3 Å². The monoisotopic (exact) mass is 286 g/mol. The number of aliphatic hydroxyl groups excluding tert-OH is 1. The fraction of sp³-hybridized carbons (Fsp3) is 0.786. The number of thiazole rings is 1. The van der Waals surface area contributed by atoms with Crippen molar-refractivity contribution < 1.29 is 9.84 Å². The Kier molecular flexibility index (Phi) is 8.21. The Labute approximate surface area is 120 Å². The van der Waals surface area contributed by atoms with Crippen molar-refractivity contribution >= 4 is 11.3 Å². The summed E-state index contributed by atoms with van der Waals surface area (Å²) in [6, 6.07) is 0.458. The third-order valence-electron chi connectivity index (χ3n) is 3.05. The highest BCUT2D eigenvalue weighted by Crippen LogP contribution is 2.12. The van der Waals surface area contributed by atoms with Crippen LogP contribution in [0.3, 0.4) is 0 Å². The standard InChI is InChI=1S/C14H26N2O2S/c1-4-5-11(2)15-8-13(17)9-18-7-6-14-12(3)16-10-19-14/h10-11,13,15,17H,4-9H2,1-3H3. The molecular formula is C14H26N2O2S. The van der Waals surface area contributed by atoms with E-state index in [1.54, 1.807) is 11.3 Å². The number of aliphatic hydroxyl groups is 1. The fourth-order valence-corrected chi connectivity index (χ4v) is 2.64. The molecule has 1 heterocycles. The molecule has 0 aliphatic heterocycles. The molecule has 4 nitrogen and oxygen atoms in total. The second kappa shape index (κ2) is 9.42. The minimum absolute atomic E-state index is 0.393. The van der Waals surface area contributed by atoms with Gasteiger partial charge in [-0.1, -0.05) is 13.3 Å². The van der Waals surface area contributed by atoms with Crippen molar-refractivity contribution in [2.24, 2.45) is 0 Å². The second-order valence-corrected chi connectivity index (χ2v) is 5.88. The molecule has 19 heavy (non-hydrogen) atoms. The van der Waals surface area contributed by atoms with Gasteiger partial charge in [0.15, 0.2) is 0 Å². The predicted molar refractivity (Wildman–Crippen MR) is 79.8 cm³/mol. The van der Waals surface area contributed by atoms with Gasteiger partial charge in [-0.05, 0) is 20.3 Å². The van der Waals surface area contributed by atoms with Crippen LogP contribution in [0.5, 0.6) is 0 Å². The molecule has 0 aliphatic carbocycles. The van der Waals surface area contributed by atoms with E-state index in [1.165, 1.54) is 4.88 Å². The molecule has 0 amide bonds. The summed E-state index contributed by atoms with van der Waals surface area (Å²) in [5.74, 6) is 0. The Hall–Kier alpha value is -0.490. The number of aryl methyl sites for hydroxylation is 1. The van der Waals surface area contributed by atoms with Crippen LogP contribution in [-0.2, 0) is 11.2 Å². The topological polar surface area (TPSA) is 54.4 Å². The molecule has 0 fully saturated rings. The Balaban J connectivity index is 2.04. The van der Waals surface area contributed by atoms with Crippen LogP contribution in [0, 0.1) is 6.92 Å². The minimum Gasteiger partial charge on any atom is -0.389 e. The largest absolute Gasteiger partial charge is 0.389 e. The average molecular weight is 286 g/mol. The van der Waals surface area contributed by atoms with Crippen molar-refractivity contribution in [1.29, 1.82) is 0 Å². The smallest absolute Gasteiger partial charge is 0.0897 e. The third kappa shape index (κ3) is 7.01. The van der Waals surface area contributed by atoms with Gasteiger partial charge in [-0.2, -0.15) is 0 Å². The Morgan fingerprint density at radius 2 is 2.32 bits per heavy atom.